The van der Waals surface area contributed by atoms with Crippen LogP contribution in [0.1, 0.15) is 37.8 Å². The van der Waals surface area contributed by atoms with E-state index < -0.39 is 10.0 Å². The number of anilines is 1. The molecule has 2 N–H and O–H groups in total. The summed E-state index contributed by atoms with van der Waals surface area (Å²) in [4.78, 5) is 12.2. The molecular weight excluding hydrogens is 348 g/mol. The van der Waals surface area contributed by atoms with Crippen molar-refractivity contribution in [3.63, 3.8) is 0 Å². The second-order valence-corrected chi connectivity index (χ2v) is 8.40. The minimum atomic E-state index is -3.52. The largest absolute Gasteiger partial charge is 0.326 e. The number of hydrogen-bond donors (Lipinski definition) is 2. The Labute approximate surface area is 155 Å². The minimum Gasteiger partial charge on any atom is -0.326 e. The molecule has 2 rings (SSSR count). The summed E-state index contributed by atoms with van der Waals surface area (Å²) in [5, 5.41) is 2.80. The Morgan fingerprint density at radius 2 is 1.62 bits per heavy atom. The highest BCUT2D eigenvalue weighted by molar-refractivity contribution is 7.89. The van der Waals surface area contributed by atoms with Gasteiger partial charge in [-0.05, 0) is 63.4 Å². The molecule has 0 spiro atoms. The van der Waals surface area contributed by atoms with Crippen LogP contribution < -0.4 is 10.0 Å². The number of nitrogens with one attached hydrogen (secondary N) is 2. The van der Waals surface area contributed by atoms with Crippen molar-refractivity contribution in [2.24, 2.45) is 0 Å². The van der Waals surface area contributed by atoms with Crippen molar-refractivity contribution in [3.05, 3.63) is 59.7 Å². The number of carbonyl (C=O) groups excluding carboxylic acids is 1. The molecule has 26 heavy (non-hydrogen) atoms. The molecule has 0 saturated carbocycles. The molecule has 2 aromatic carbocycles. The van der Waals surface area contributed by atoms with Gasteiger partial charge in [0.25, 0.3) is 0 Å². The first kappa shape index (κ1) is 20.1. The number of aryl methyl sites for hydroxylation is 2. The maximum Gasteiger partial charge on any atom is 0.240 e. The van der Waals surface area contributed by atoms with E-state index in [9.17, 15) is 13.2 Å². The average molecular weight is 375 g/mol. The van der Waals surface area contributed by atoms with Gasteiger partial charge < -0.3 is 5.32 Å². The molecule has 0 atom stereocenters. The zero-order valence-corrected chi connectivity index (χ0v) is 16.3. The summed E-state index contributed by atoms with van der Waals surface area (Å²) in [5.74, 6) is -0.0759. The molecule has 0 saturated heterocycles. The van der Waals surface area contributed by atoms with Gasteiger partial charge in [0, 0.05) is 18.2 Å². The topological polar surface area (TPSA) is 75.3 Å². The molecule has 140 valence electrons. The van der Waals surface area contributed by atoms with Gasteiger partial charge in [0.1, 0.15) is 0 Å². The number of hydrogen-bond acceptors (Lipinski definition) is 3. The monoisotopic (exact) mass is 374 g/mol. The number of amides is 1. The Morgan fingerprint density at radius 1 is 1.00 bits per heavy atom. The van der Waals surface area contributed by atoms with Gasteiger partial charge >= 0.3 is 0 Å². The number of rotatable bonds is 8. The van der Waals surface area contributed by atoms with Gasteiger partial charge in [-0.25, -0.2) is 13.1 Å². The van der Waals surface area contributed by atoms with Crippen LogP contribution in [0, 0.1) is 6.92 Å². The summed E-state index contributed by atoms with van der Waals surface area (Å²) in [6.07, 6.45) is 2.04. The molecular formula is C20H26N2O3S. The van der Waals surface area contributed by atoms with E-state index in [1.54, 1.807) is 26.0 Å². The van der Waals surface area contributed by atoms with Crippen LogP contribution in [0.15, 0.2) is 53.4 Å². The highest BCUT2D eigenvalue weighted by Crippen LogP contribution is 2.15. The molecule has 0 radical (unpaired) electrons. The zero-order valence-electron chi connectivity index (χ0n) is 15.5. The van der Waals surface area contributed by atoms with Crippen molar-refractivity contribution < 1.29 is 13.2 Å². The summed E-state index contributed by atoms with van der Waals surface area (Å²) >= 11 is 0. The molecule has 0 aliphatic heterocycles. The minimum absolute atomic E-state index is 0.0759. The fourth-order valence-corrected chi connectivity index (χ4v) is 3.78. The lowest BCUT2D eigenvalue weighted by atomic mass is 10.1. The van der Waals surface area contributed by atoms with E-state index in [4.69, 9.17) is 0 Å². The van der Waals surface area contributed by atoms with Crippen LogP contribution in [0.5, 0.6) is 0 Å². The van der Waals surface area contributed by atoms with Gasteiger partial charge in [0.05, 0.1) is 4.90 Å². The van der Waals surface area contributed by atoms with Gasteiger partial charge in [0.15, 0.2) is 0 Å². The van der Waals surface area contributed by atoms with E-state index in [-0.39, 0.29) is 16.8 Å². The van der Waals surface area contributed by atoms with Crippen molar-refractivity contribution in [3.8, 4) is 0 Å². The van der Waals surface area contributed by atoms with Crippen LogP contribution in [0.2, 0.25) is 0 Å². The third-order valence-electron chi connectivity index (χ3n) is 3.83. The smallest absolute Gasteiger partial charge is 0.240 e. The fourth-order valence-electron chi connectivity index (χ4n) is 2.53. The Balaban J connectivity index is 1.84. The maximum absolute atomic E-state index is 12.1. The normalized spacial score (nSPS) is 11.5. The summed E-state index contributed by atoms with van der Waals surface area (Å²) in [7, 11) is -3.52. The fraction of sp³-hybridized carbons (Fsp3) is 0.350. The first-order valence-electron chi connectivity index (χ1n) is 8.74. The van der Waals surface area contributed by atoms with Crippen LogP contribution in [0.4, 0.5) is 5.69 Å². The molecule has 0 aromatic heterocycles. The highest BCUT2D eigenvalue weighted by Gasteiger charge is 2.15. The Hall–Kier alpha value is -2.18. The highest BCUT2D eigenvalue weighted by atomic mass is 32.2. The Kier molecular flexibility index (Phi) is 6.94. The standard InChI is InChI=1S/C20H26N2O3S/c1-15(2)22-26(24,25)19-13-11-18(12-14-19)21-20(23)6-4-5-17-9-7-16(3)8-10-17/h7-15,22H,4-6H2,1-3H3,(H,21,23). The summed E-state index contributed by atoms with van der Waals surface area (Å²) in [6, 6.07) is 14.3. The van der Waals surface area contributed by atoms with Crippen LogP contribution in [-0.4, -0.2) is 20.4 Å². The van der Waals surface area contributed by atoms with Crippen LogP contribution in [0.25, 0.3) is 0 Å². The first-order chi connectivity index (χ1) is 12.3. The second-order valence-electron chi connectivity index (χ2n) is 6.69. The predicted octanol–water partition coefficient (Wildman–Crippen LogP) is 3.64. The SMILES string of the molecule is Cc1ccc(CCCC(=O)Nc2ccc(S(=O)(=O)NC(C)C)cc2)cc1. The maximum atomic E-state index is 12.1. The Bertz CT molecular complexity index is 826. The summed E-state index contributed by atoms with van der Waals surface area (Å²) in [5.41, 5.74) is 3.03. The molecule has 0 aliphatic carbocycles. The zero-order chi connectivity index (χ0) is 19.2. The van der Waals surface area contributed by atoms with Crippen molar-refractivity contribution >= 4 is 21.6 Å². The lowest BCUT2D eigenvalue weighted by molar-refractivity contribution is -0.116. The molecule has 0 bridgehead atoms. The molecule has 5 nitrogen and oxygen atoms in total. The van der Waals surface area contributed by atoms with E-state index in [1.165, 1.54) is 23.3 Å². The van der Waals surface area contributed by atoms with Gasteiger partial charge in [0.2, 0.25) is 15.9 Å². The van der Waals surface area contributed by atoms with Crippen molar-refractivity contribution in [2.75, 3.05) is 5.32 Å². The predicted molar refractivity (Wildman–Crippen MR) is 105 cm³/mol. The van der Waals surface area contributed by atoms with E-state index in [0.717, 1.165) is 12.8 Å². The van der Waals surface area contributed by atoms with Gasteiger partial charge in [-0.2, -0.15) is 0 Å². The van der Waals surface area contributed by atoms with Crippen LogP contribution in [-0.2, 0) is 21.2 Å². The van der Waals surface area contributed by atoms with Crippen LogP contribution >= 0.6 is 0 Å². The number of carbonyl (C=O) groups is 1. The molecule has 0 unspecified atom stereocenters. The Morgan fingerprint density at radius 3 is 2.19 bits per heavy atom. The van der Waals surface area contributed by atoms with Crippen molar-refractivity contribution in [2.45, 2.75) is 51.0 Å². The molecule has 1 amide bonds. The summed E-state index contributed by atoms with van der Waals surface area (Å²) < 4.78 is 26.7. The summed E-state index contributed by atoms with van der Waals surface area (Å²) in [6.45, 7) is 5.58. The second kappa shape index (κ2) is 8.96. The molecule has 0 fully saturated rings. The van der Waals surface area contributed by atoms with E-state index in [0.29, 0.717) is 12.1 Å². The molecule has 0 aliphatic rings. The third kappa shape index (κ3) is 6.28. The third-order valence-corrected chi connectivity index (χ3v) is 5.50. The van der Waals surface area contributed by atoms with Gasteiger partial charge in [-0.3, -0.25) is 4.79 Å². The molecule has 0 heterocycles. The molecule has 2 aromatic rings. The van der Waals surface area contributed by atoms with Gasteiger partial charge in [-0.1, -0.05) is 29.8 Å². The first-order valence-corrected chi connectivity index (χ1v) is 10.2. The van der Waals surface area contributed by atoms with E-state index in [2.05, 4.69) is 34.3 Å². The number of sulfonamides is 1. The average Bonchev–Trinajstić information content (AvgIpc) is 2.56. The lowest BCUT2D eigenvalue weighted by Gasteiger charge is -2.10. The lowest BCUT2D eigenvalue weighted by Crippen LogP contribution is -2.30. The van der Waals surface area contributed by atoms with Gasteiger partial charge in [-0.15, -0.1) is 0 Å². The van der Waals surface area contributed by atoms with Crippen molar-refractivity contribution in [1.82, 2.24) is 4.72 Å². The quantitative estimate of drug-likeness (QED) is 0.741. The van der Waals surface area contributed by atoms with Crippen molar-refractivity contribution in [1.29, 1.82) is 0 Å². The van der Waals surface area contributed by atoms with E-state index in [1.807, 2.05) is 6.92 Å². The number of benzene rings is 2. The van der Waals surface area contributed by atoms with Crippen LogP contribution in [0.3, 0.4) is 0 Å². The van der Waals surface area contributed by atoms with E-state index >= 15 is 0 Å². The molecule has 6 heteroatoms.